The monoisotopic (exact) mass is 189 g/mol. The summed E-state index contributed by atoms with van der Waals surface area (Å²) in [6.45, 7) is 1.92. The smallest absolute Gasteiger partial charge is 0.153 e. The largest absolute Gasteiger partial charge is 0.390 e. The van der Waals surface area contributed by atoms with Crippen LogP contribution in [0.15, 0.2) is 30.6 Å². The maximum atomic E-state index is 8.92. The first-order chi connectivity index (χ1) is 6.79. The van der Waals surface area contributed by atoms with Crippen molar-refractivity contribution in [3.05, 3.63) is 41.9 Å². The zero-order valence-corrected chi connectivity index (χ0v) is 7.88. The van der Waals surface area contributed by atoms with E-state index in [0.29, 0.717) is 5.69 Å². The van der Waals surface area contributed by atoms with Crippen LogP contribution in [0.5, 0.6) is 0 Å². The third-order valence-electron chi connectivity index (χ3n) is 1.90. The number of aliphatic hydroxyl groups is 1. The van der Waals surface area contributed by atoms with Crippen molar-refractivity contribution in [1.29, 1.82) is 0 Å². The van der Waals surface area contributed by atoms with Crippen LogP contribution in [0.1, 0.15) is 11.3 Å². The first kappa shape index (κ1) is 8.90. The predicted octanol–water partition coefficient (Wildman–Crippen LogP) is 1.07. The molecule has 0 atom stereocenters. The Balaban J connectivity index is 2.41. The van der Waals surface area contributed by atoms with Crippen LogP contribution in [0.3, 0.4) is 0 Å². The third-order valence-corrected chi connectivity index (χ3v) is 1.90. The molecule has 0 aliphatic carbocycles. The Labute approximate surface area is 81.8 Å². The van der Waals surface area contributed by atoms with Crippen molar-refractivity contribution >= 4 is 0 Å². The minimum Gasteiger partial charge on any atom is -0.390 e. The zero-order valence-electron chi connectivity index (χ0n) is 7.88. The van der Waals surface area contributed by atoms with Crippen LogP contribution in [0.4, 0.5) is 0 Å². The molecular formula is C10H11N3O. The molecule has 0 saturated heterocycles. The fourth-order valence-electron chi connectivity index (χ4n) is 1.22. The fourth-order valence-corrected chi connectivity index (χ4v) is 1.22. The van der Waals surface area contributed by atoms with Crippen molar-refractivity contribution in [1.82, 2.24) is 14.8 Å². The summed E-state index contributed by atoms with van der Waals surface area (Å²) < 4.78 is 1.69. The molecule has 0 saturated carbocycles. The summed E-state index contributed by atoms with van der Waals surface area (Å²) in [7, 11) is 0. The van der Waals surface area contributed by atoms with Crippen molar-refractivity contribution in [2.24, 2.45) is 0 Å². The minimum absolute atomic E-state index is 0.0475. The molecule has 2 aromatic rings. The second-order valence-corrected chi connectivity index (χ2v) is 3.11. The molecule has 0 aromatic carbocycles. The molecule has 0 unspecified atom stereocenters. The maximum absolute atomic E-state index is 8.92. The van der Waals surface area contributed by atoms with Crippen molar-refractivity contribution in [3.8, 4) is 5.82 Å². The Kier molecular flexibility index (Phi) is 2.28. The number of nitrogens with zero attached hydrogens (tertiary/aromatic N) is 3. The summed E-state index contributed by atoms with van der Waals surface area (Å²) in [5.74, 6) is 0.727. The number of aliphatic hydroxyl groups excluding tert-OH is 1. The summed E-state index contributed by atoms with van der Waals surface area (Å²) in [4.78, 5) is 4.23. The lowest BCUT2D eigenvalue weighted by Crippen LogP contribution is -2.00. The van der Waals surface area contributed by atoms with Gasteiger partial charge in [-0.15, -0.1) is 0 Å². The van der Waals surface area contributed by atoms with Gasteiger partial charge < -0.3 is 5.11 Å². The van der Waals surface area contributed by atoms with E-state index in [1.54, 1.807) is 16.9 Å². The van der Waals surface area contributed by atoms with Gasteiger partial charge in [-0.05, 0) is 24.6 Å². The number of rotatable bonds is 2. The Hall–Kier alpha value is -1.68. The molecule has 4 heteroatoms. The Bertz CT molecular complexity index is 436. The van der Waals surface area contributed by atoms with Crippen LogP contribution in [-0.2, 0) is 6.61 Å². The van der Waals surface area contributed by atoms with Gasteiger partial charge in [0.15, 0.2) is 5.82 Å². The van der Waals surface area contributed by atoms with Gasteiger partial charge in [0.05, 0.1) is 18.5 Å². The molecule has 0 fully saturated rings. The topological polar surface area (TPSA) is 50.9 Å². The van der Waals surface area contributed by atoms with Crippen LogP contribution in [-0.4, -0.2) is 19.9 Å². The summed E-state index contributed by atoms with van der Waals surface area (Å²) in [6, 6.07) is 5.48. The molecule has 0 spiro atoms. The van der Waals surface area contributed by atoms with E-state index in [2.05, 4.69) is 10.1 Å². The third kappa shape index (κ3) is 1.65. The summed E-state index contributed by atoms with van der Waals surface area (Å²) in [5, 5.41) is 13.1. The SMILES string of the molecule is Cc1cnn(-c2cccc(CO)n2)c1. The molecule has 1 N–H and O–H groups in total. The molecular weight excluding hydrogens is 178 g/mol. The number of aromatic nitrogens is 3. The number of hydrogen-bond donors (Lipinski definition) is 1. The van der Waals surface area contributed by atoms with Crippen LogP contribution < -0.4 is 0 Å². The Morgan fingerprint density at radius 1 is 1.43 bits per heavy atom. The molecule has 4 nitrogen and oxygen atoms in total. The second kappa shape index (κ2) is 3.59. The van der Waals surface area contributed by atoms with Gasteiger partial charge in [-0.1, -0.05) is 6.07 Å². The van der Waals surface area contributed by atoms with Gasteiger partial charge in [-0.2, -0.15) is 5.10 Å². The van der Waals surface area contributed by atoms with E-state index < -0.39 is 0 Å². The van der Waals surface area contributed by atoms with Crippen molar-refractivity contribution in [2.45, 2.75) is 13.5 Å². The van der Waals surface area contributed by atoms with Gasteiger partial charge >= 0.3 is 0 Å². The fraction of sp³-hybridized carbons (Fsp3) is 0.200. The van der Waals surface area contributed by atoms with Gasteiger partial charge in [0.1, 0.15) is 0 Å². The van der Waals surface area contributed by atoms with E-state index in [0.717, 1.165) is 11.4 Å². The lowest BCUT2D eigenvalue weighted by Gasteiger charge is -2.01. The molecule has 0 aliphatic heterocycles. The first-order valence-electron chi connectivity index (χ1n) is 4.38. The van der Waals surface area contributed by atoms with Crippen molar-refractivity contribution in [3.63, 3.8) is 0 Å². The average Bonchev–Trinajstić information content (AvgIpc) is 2.65. The molecule has 14 heavy (non-hydrogen) atoms. The van der Waals surface area contributed by atoms with Gasteiger partial charge in [-0.3, -0.25) is 0 Å². The molecule has 0 bridgehead atoms. The summed E-state index contributed by atoms with van der Waals surface area (Å²) in [5.41, 5.74) is 1.73. The number of pyridine rings is 1. The highest BCUT2D eigenvalue weighted by Crippen LogP contribution is 2.05. The standard InChI is InChI=1S/C10H11N3O/c1-8-5-11-13(6-8)10-4-2-3-9(7-14)12-10/h2-6,14H,7H2,1H3. The zero-order chi connectivity index (χ0) is 9.97. The molecule has 2 rings (SSSR count). The Morgan fingerprint density at radius 2 is 2.29 bits per heavy atom. The van der Waals surface area contributed by atoms with E-state index in [1.807, 2.05) is 25.3 Å². The van der Waals surface area contributed by atoms with E-state index in [4.69, 9.17) is 5.11 Å². The maximum Gasteiger partial charge on any atom is 0.153 e. The molecule has 0 radical (unpaired) electrons. The molecule has 0 amide bonds. The summed E-state index contributed by atoms with van der Waals surface area (Å²) in [6.07, 6.45) is 3.66. The minimum atomic E-state index is -0.0475. The van der Waals surface area contributed by atoms with Gasteiger partial charge in [0, 0.05) is 6.20 Å². The van der Waals surface area contributed by atoms with Gasteiger partial charge in [-0.25, -0.2) is 9.67 Å². The second-order valence-electron chi connectivity index (χ2n) is 3.11. The normalized spacial score (nSPS) is 10.4. The van der Waals surface area contributed by atoms with Crippen LogP contribution in [0.25, 0.3) is 5.82 Å². The highest BCUT2D eigenvalue weighted by atomic mass is 16.3. The molecule has 2 aromatic heterocycles. The van der Waals surface area contributed by atoms with Gasteiger partial charge in [0.25, 0.3) is 0 Å². The first-order valence-corrected chi connectivity index (χ1v) is 4.38. The molecule has 0 aliphatic rings. The van der Waals surface area contributed by atoms with Crippen molar-refractivity contribution < 1.29 is 5.11 Å². The van der Waals surface area contributed by atoms with E-state index in [1.165, 1.54) is 0 Å². The summed E-state index contributed by atoms with van der Waals surface area (Å²) >= 11 is 0. The predicted molar refractivity (Wildman–Crippen MR) is 52.0 cm³/mol. The highest BCUT2D eigenvalue weighted by molar-refractivity contribution is 5.24. The van der Waals surface area contributed by atoms with Crippen LogP contribution in [0, 0.1) is 6.92 Å². The van der Waals surface area contributed by atoms with E-state index in [-0.39, 0.29) is 6.61 Å². The quantitative estimate of drug-likeness (QED) is 0.768. The lowest BCUT2D eigenvalue weighted by atomic mass is 10.3. The van der Waals surface area contributed by atoms with Crippen LogP contribution in [0.2, 0.25) is 0 Å². The van der Waals surface area contributed by atoms with Crippen molar-refractivity contribution in [2.75, 3.05) is 0 Å². The average molecular weight is 189 g/mol. The number of hydrogen-bond acceptors (Lipinski definition) is 3. The van der Waals surface area contributed by atoms with E-state index >= 15 is 0 Å². The van der Waals surface area contributed by atoms with Crippen LogP contribution >= 0.6 is 0 Å². The Morgan fingerprint density at radius 3 is 2.93 bits per heavy atom. The molecule has 2 heterocycles. The number of aryl methyl sites for hydroxylation is 1. The molecule has 72 valence electrons. The van der Waals surface area contributed by atoms with E-state index in [9.17, 15) is 0 Å². The lowest BCUT2D eigenvalue weighted by molar-refractivity contribution is 0.276. The van der Waals surface area contributed by atoms with Gasteiger partial charge in [0.2, 0.25) is 0 Å². The highest BCUT2D eigenvalue weighted by Gasteiger charge is 2.00.